The van der Waals surface area contributed by atoms with E-state index in [2.05, 4.69) is 10.1 Å². The maximum absolute atomic E-state index is 10.9. The second-order valence-corrected chi connectivity index (χ2v) is 2.94. The van der Waals surface area contributed by atoms with Crippen LogP contribution >= 0.6 is 0 Å². The van der Waals surface area contributed by atoms with Crippen LogP contribution in [0.5, 0.6) is 0 Å². The first-order valence-electron chi connectivity index (χ1n) is 4.41. The van der Waals surface area contributed by atoms with Gasteiger partial charge < -0.3 is 14.8 Å². The molecule has 0 saturated carbocycles. The molecule has 0 aromatic rings. The lowest BCUT2D eigenvalue weighted by molar-refractivity contribution is -0.108. The Kier molecular flexibility index (Phi) is 3.91. The van der Waals surface area contributed by atoms with Crippen molar-refractivity contribution in [1.82, 2.24) is 5.32 Å². The highest BCUT2D eigenvalue weighted by molar-refractivity contribution is 5.75. The quantitative estimate of drug-likeness (QED) is 0.543. The lowest BCUT2D eigenvalue weighted by Gasteiger charge is -2.16. The highest BCUT2D eigenvalue weighted by Crippen LogP contribution is 2.13. The molecule has 14 heavy (non-hydrogen) atoms. The third-order valence-corrected chi connectivity index (χ3v) is 2.03. The average Bonchev–Trinajstić information content (AvgIpc) is 2.26. The second kappa shape index (κ2) is 5.21. The van der Waals surface area contributed by atoms with E-state index in [0.717, 1.165) is 12.0 Å². The Morgan fingerprint density at radius 2 is 2.43 bits per heavy atom. The summed E-state index contributed by atoms with van der Waals surface area (Å²) in [6.07, 6.45) is 7.57. The molecule has 0 aromatic carbocycles. The van der Waals surface area contributed by atoms with Crippen LogP contribution in [-0.4, -0.2) is 25.5 Å². The van der Waals surface area contributed by atoms with Crippen LogP contribution in [-0.2, 0) is 9.53 Å². The summed E-state index contributed by atoms with van der Waals surface area (Å²) in [5, 5.41) is 2.45. The van der Waals surface area contributed by atoms with Gasteiger partial charge in [0, 0.05) is 0 Å². The van der Waals surface area contributed by atoms with Crippen molar-refractivity contribution in [1.29, 1.82) is 0 Å². The van der Waals surface area contributed by atoms with E-state index in [0.29, 0.717) is 12.7 Å². The van der Waals surface area contributed by atoms with Gasteiger partial charge in [-0.2, -0.15) is 0 Å². The zero-order valence-corrected chi connectivity index (χ0v) is 8.03. The van der Waals surface area contributed by atoms with E-state index in [1.54, 1.807) is 0 Å². The molecule has 76 valence electrons. The molecule has 0 heterocycles. The molecule has 1 aliphatic carbocycles. The number of aldehydes is 1. The van der Waals surface area contributed by atoms with Gasteiger partial charge in [0.2, 0.25) is 0 Å². The Bertz CT molecular complexity index is 281. The van der Waals surface area contributed by atoms with Crippen LogP contribution in [0.25, 0.3) is 0 Å². The monoisotopic (exact) mass is 195 g/mol. The van der Waals surface area contributed by atoms with E-state index in [9.17, 15) is 9.59 Å². The number of ether oxygens (including phenoxy) is 1. The molecule has 1 amide bonds. The molecule has 0 fully saturated rings. The van der Waals surface area contributed by atoms with E-state index in [1.165, 1.54) is 7.11 Å². The first kappa shape index (κ1) is 10.5. The minimum Gasteiger partial charge on any atom is -0.453 e. The molecular weight excluding hydrogens is 182 g/mol. The molecule has 0 bridgehead atoms. The van der Waals surface area contributed by atoms with E-state index in [1.807, 2.05) is 18.2 Å². The predicted octanol–water partition coefficient (Wildman–Crippen LogP) is 1.19. The van der Waals surface area contributed by atoms with Crippen LogP contribution in [0.2, 0.25) is 0 Å². The van der Waals surface area contributed by atoms with Crippen molar-refractivity contribution in [2.75, 3.05) is 7.11 Å². The molecule has 0 spiro atoms. The summed E-state index contributed by atoms with van der Waals surface area (Å²) in [5.74, 6) is 0. The molecule has 1 rings (SSSR count). The number of carbonyl (C=O) groups is 2. The fraction of sp³-hybridized carbons (Fsp3) is 0.400. The number of rotatable bonds is 3. The zero-order valence-electron chi connectivity index (χ0n) is 8.03. The van der Waals surface area contributed by atoms with Gasteiger partial charge in [-0.25, -0.2) is 4.79 Å². The lowest BCUT2D eigenvalue weighted by atomic mass is 9.99. The van der Waals surface area contributed by atoms with E-state index < -0.39 is 12.1 Å². The maximum Gasteiger partial charge on any atom is 0.407 e. The third-order valence-electron chi connectivity index (χ3n) is 2.03. The largest absolute Gasteiger partial charge is 0.453 e. The molecular formula is C10H13NO3. The highest BCUT2D eigenvalue weighted by atomic mass is 16.5. The van der Waals surface area contributed by atoms with Gasteiger partial charge in [0.05, 0.1) is 7.11 Å². The smallest absolute Gasteiger partial charge is 0.407 e. The molecule has 0 radical (unpaired) electrons. The van der Waals surface area contributed by atoms with Crippen molar-refractivity contribution < 1.29 is 14.3 Å². The van der Waals surface area contributed by atoms with Gasteiger partial charge in [0.1, 0.15) is 12.3 Å². The lowest BCUT2D eigenvalue weighted by Crippen LogP contribution is -2.37. The number of nitrogens with one attached hydrogen (secondary N) is 1. The van der Waals surface area contributed by atoms with E-state index >= 15 is 0 Å². The predicted molar refractivity (Wildman–Crippen MR) is 51.8 cm³/mol. The first-order chi connectivity index (χ1) is 6.77. The summed E-state index contributed by atoms with van der Waals surface area (Å²) in [6, 6.07) is -0.563. The number of hydrogen-bond donors (Lipinski definition) is 1. The molecule has 1 atom stereocenters. The van der Waals surface area contributed by atoms with Crippen LogP contribution < -0.4 is 5.32 Å². The molecule has 1 unspecified atom stereocenters. The Morgan fingerprint density at radius 1 is 1.64 bits per heavy atom. The average molecular weight is 195 g/mol. The summed E-state index contributed by atoms with van der Waals surface area (Å²) in [6.45, 7) is 0. The Morgan fingerprint density at radius 3 is 2.93 bits per heavy atom. The SMILES string of the molecule is COC(=O)NC(C=O)C1=CCC=CC1. The third kappa shape index (κ3) is 2.73. The number of methoxy groups -OCH3 is 1. The Balaban J connectivity index is 2.57. The van der Waals surface area contributed by atoms with Gasteiger partial charge in [-0.1, -0.05) is 18.2 Å². The van der Waals surface area contributed by atoms with E-state index in [4.69, 9.17) is 0 Å². The number of carbonyl (C=O) groups excluding carboxylic acids is 2. The summed E-state index contributed by atoms with van der Waals surface area (Å²) in [7, 11) is 1.27. The number of amides is 1. The van der Waals surface area contributed by atoms with Crippen molar-refractivity contribution in [3.63, 3.8) is 0 Å². The summed E-state index contributed by atoms with van der Waals surface area (Å²) in [5.41, 5.74) is 0.910. The number of hydrogen-bond acceptors (Lipinski definition) is 3. The van der Waals surface area contributed by atoms with Crippen molar-refractivity contribution in [2.24, 2.45) is 0 Å². The van der Waals surface area contributed by atoms with Gasteiger partial charge in [0.15, 0.2) is 0 Å². The van der Waals surface area contributed by atoms with Gasteiger partial charge in [0.25, 0.3) is 0 Å². The zero-order chi connectivity index (χ0) is 10.4. The van der Waals surface area contributed by atoms with Crippen LogP contribution in [0.4, 0.5) is 4.79 Å². The van der Waals surface area contributed by atoms with E-state index in [-0.39, 0.29) is 0 Å². The fourth-order valence-corrected chi connectivity index (χ4v) is 1.27. The molecule has 0 aromatic heterocycles. The molecule has 0 aliphatic heterocycles. The van der Waals surface area contributed by atoms with Crippen molar-refractivity contribution >= 4 is 12.4 Å². The van der Waals surface area contributed by atoms with Crippen molar-refractivity contribution in [3.8, 4) is 0 Å². The molecule has 0 saturated heterocycles. The number of allylic oxidation sites excluding steroid dienone is 3. The normalized spacial score (nSPS) is 16.8. The molecule has 4 heteroatoms. The van der Waals surface area contributed by atoms with Gasteiger partial charge >= 0.3 is 6.09 Å². The minimum atomic E-state index is -0.586. The van der Waals surface area contributed by atoms with Crippen molar-refractivity contribution in [2.45, 2.75) is 18.9 Å². The highest BCUT2D eigenvalue weighted by Gasteiger charge is 2.15. The van der Waals surface area contributed by atoms with Gasteiger partial charge in [-0.05, 0) is 18.4 Å². The van der Waals surface area contributed by atoms with Gasteiger partial charge in [-0.15, -0.1) is 0 Å². The fourth-order valence-electron chi connectivity index (χ4n) is 1.27. The number of alkyl carbamates (subject to hydrolysis) is 1. The first-order valence-corrected chi connectivity index (χ1v) is 4.41. The minimum absolute atomic E-state index is 0.563. The Labute approximate surface area is 82.6 Å². The van der Waals surface area contributed by atoms with Crippen LogP contribution in [0.1, 0.15) is 12.8 Å². The summed E-state index contributed by atoms with van der Waals surface area (Å²) < 4.78 is 4.42. The maximum atomic E-state index is 10.9. The summed E-state index contributed by atoms with van der Waals surface area (Å²) >= 11 is 0. The Hall–Kier alpha value is -1.58. The second-order valence-electron chi connectivity index (χ2n) is 2.94. The van der Waals surface area contributed by atoms with Gasteiger partial charge in [-0.3, -0.25) is 0 Å². The molecule has 4 nitrogen and oxygen atoms in total. The molecule has 1 N–H and O–H groups in total. The molecule has 1 aliphatic rings. The van der Waals surface area contributed by atoms with Crippen LogP contribution in [0, 0.1) is 0 Å². The summed E-state index contributed by atoms with van der Waals surface area (Å²) in [4.78, 5) is 21.6. The van der Waals surface area contributed by atoms with Crippen LogP contribution in [0.15, 0.2) is 23.8 Å². The van der Waals surface area contributed by atoms with Crippen LogP contribution in [0.3, 0.4) is 0 Å². The standard InChI is InChI=1S/C10H13NO3/c1-14-10(13)11-9(7-12)8-5-3-2-4-6-8/h2-3,6-7,9H,4-5H2,1H3,(H,11,13). The topological polar surface area (TPSA) is 55.4 Å². The van der Waals surface area contributed by atoms with Crippen molar-refractivity contribution in [3.05, 3.63) is 23.8 Å².